The minimum atomic E-state index is -0.454. The highest BCUT2D eigenvalue weighted by molar-refractivity contribution is 6.31. The van der Waals surface area contributed by atoms with Crippen LogP contribution in [0.15, 0.2) is 55.0 Å². The number of pyridine rings is 2. The van der Waals surface area contributed by atoms with Crippen LogP contribution >= 0.6 is 11.6 Å². The number of carbonyl (C=O) groups is 1. The number of fused-ring (bicyclic) bond motifs is 2. The molecule has 6 nitrogen and oxygen atoms in total. The number of amides is 1. The van der Waals surface area contributed by atoms with Gasteiger partial charge < -0.3 is 9.80 Å². The van der Waals surface area contributed by atoms with Crippen molar-refractivity contribution >= 4 is 39.8 Å². The van der Waals surface area contributed by atoms with E-state index in [0.717, 1.165) is 27.8 Å². The number of rotatable bonds is 3. The third kappa shape index (κ3) is 3.62. The SMILES string of the molecule is CN(C)C(=O)c1cncc(-c2ccc3ncc(C#N)c(N4CCc5cc(F)c(Cl)cc54)c3c2)c1. The summed E-state index contributed by atoms with van der Waals surface area (Å²) in [5, 5.41) is 10.7. The van der Waals surface area contributed by atoms with Crippen LogP contribution in [-0.4, -0.2) is 41.4 Å². The maximum absolute atomic E-state index is 14.0. The molecule has 0 bridgehead atoms. The van der Waals surface area contributed by atoms with Gasteiger partial charge in [-0.15, -0.1) is 0 Å². The van der Waals surface area contributed by atoms with Gasteiger partial charge in [-0.2, -0.15) is 5.26 Å². The van der Waals surface area contributed by atoms with Crippen molar-refractivity contribution in [3.8, 4) is 17.2 Å². The van der Waals surface area contributed by atoms with Crippen LogP contribution in [0.1, 0.15) is 21.5 Å². The third-order valence-corrected chi connectivity index (χ3v) is 6.26. The lowest BCUT2D eigenvalue weighted by molar-refractivity contribution is 0.0827. The molecule has 1 aliphatic rings. The Bertz CT molecular complexity index is 1510. The van der Waals surface area contributed by atoms with Crippen LogP contribution in [0, 0.1) is 17.1 Å². The van der Waals surface area contributed by atoms with Gasteiger partial charge in [-0.3, -0.25) is 14.8 Å². The lowest BCUT2D eigenvalue weighted by Gasteiger charge is -2.23. The Morgan fingerprint density at radius 3 is 2.74 bits per heavy atom. The van der Waals surface area contributed by atoms with Crippen molar-refractivity contribution in [2.75, 3.05) is 25.5 Å². The van der Waals surface area contributed by atoms with Gasteiger partial charge in [0, 0.05) is 55.9 Å². The van der Waals surface area contributed by atoms with Gasteiger partial charge in [-0.25, -0.2) is 4.39 Å². The number of anilines is 2. The molecule has 168 valence electrons. The Balaban J connectivity index is 1.69. The summed E-state index contributed by atoms with van der Waals surface area (Å²) in [6, 6.07) is 12.8. The van der Waals surface area contributed by atoms with Gasteiger partial charge in [-0.1, -0.05) is 17.7 Å². The Kier molecular flexibility index (Phi) is 5.39. The van der Waals surface area contributed by atoms with Crippen molar-refractivity contribution in [2.45, 2.75) is 6.42 Å². The van der Waals surface area contributed by atoms with E-state index in [1.54, 1.807) is 38.6 Å². The zero-order valence-electron chi connectivity index (χ0n) is 18.5. The van der Waals surface area contributed by atoms with E-state index >= 15 is 0 Å². The smallest absolute Gasteiger partial charge is 0.254 e. The van der Waals surface area contributed by atoms with Gasteiger partial charge in [-0.05, 0) is 47.9 Å². The maximum Gasteiger partial charge on any atom is 0.254 e. The lowest BCUT2D eigenvalue weighted by Crippen LogP contribution is -2.21. The number of hydrogen-bond donors (Lipinski definition) is 0. The molecular weight excluding hydrogens is 453 g/mol. The second kappa shape index (κ2) is 8.40. The summed E-state index contributed by atoms with van der Waals surface area (Å²) >= 11 is 6.09. The first-order chi connectivity index (χ1) is 16.4. The molecule has 1 aliphatic heterocycles. The summed E-state index contributed by atoms with van der Waals surface area (Å²) in [5.41, 5.74) is 5.53. The van der Waals surface area contributed by atoms with Crippen molar-refractivity contribution in [1.29, 1.82) is 5.26 Å². The van der Waals surface area contributed by atoms with Crippen molar-refractivity contribution in [2.24, 2.45) is 0 Å². The predicted molar refractivity (Wildman–Crippen MR) is 130 cm³/mol. The van der Waals surface area contributed by atoms with Crippen LogP contribution in [0.3, 0.4) is 0 Å². The highest BCUT2D eigenvalue weighted by Crippen LogP contribution is 2.42. The van der Waals surface area contributed by atoms with Crippen LogP contribution in [0.25, 0.3) is 22.0 Å². The molecular formula is C26H19ClFN5O. The number of nitrogens with zero attached hydrogens (tertiary/aromatic N) is 5. The minimum absolute atomic E-state index is 0.0386. The van der Waals surface area contributed by atoms with E-state index in [9.17, 15) is 14.4 Å². The summed E-state index contributed by atoms with van der Waals surface area (Å²) in [7, 11) is 3.39. The van der Waals surface area contributed by atoms with E-state index in [4.69, 9.17) is 11.6 Å². The molecule has 1 amide bonds. The molecule has 5 rings (SSSR count). The molecule has 2 aromatic heterocycles. The number of nitriles is 1. The first-order valence-electron chi connectivity index (χ1n) is 10.6. The average Bonchev–Trinajstić information content (AvgIpc) is 3.24. The van der Waals surface area contributed by atoms with Crippen molar-refractivity contribution in [1.82, 2.24) is 14.9 Å². The minimum Gasteiger partial charge on any atom is -0.345 e. The number of halogens is 2. The summed E-state index contributed by atoms with van der Waals surface area (Å²) in [6.45, 7) is 0.585. The van der Waals surface area contributed by atoms with Gasteiger partial charge >= 0.3 is 0 Å². The van der Waals surface area contributed by atoms with Gasteiger partial charge in [0.25, 0.3) is 5.91 Å². The number of benzene rings is 2. The molecule has 0 atom stereocenters. The van der Waals surface area contributed by atoms with E-state index in [-0.39, 0.29) is 10.9 Å². The van der Waals surface area contributed by atoms with Crippen molar-refractivity contribution in [3.05, 3.63) is 82.5 Å². The topological polar surface area (TPSA) is 73.1 Å². The molecule has 0 N–H and O–H groups in total. The van der Waals surface area contributed by atoms with Crippen LogP contribution in [0.5, 0.6) is 0 Å². The first kappa shape index (κ1) is 21.8. The fourth-order valence-corrected chi connectivity index (χ4v) is 4.48. The first-order valence-corrected chi connectivity index (χ1v) is 11.0. The molecule has 0 fully saturated rings. The molecule has 0 spiro atoms. The van der Waals surface area contributed by atoms with E-state index in [1.165, 1.54) is 17.2 Å². The van der Waals surface area contributed by atoms with Crippen molar-refractivity contribution < 1.29 is 9.18 Å². The number of hydrogen-bond acceptors (Lipinski definition) is 5. The van der Waals surface area contributed by atoms with Gasteiger partial charge in [0.2, 0.25) is 0 Å². The van der Waals surface area contributed by atoms with Crippen LogP contribution in [0.2, 0.25) is 5.02 Å². The summed E-state index contributed by atoms with van der Waals surface area (Å²) in [5.74, 6) is -0.591. The number of carbonyl (C=O) groups excluding carboxylic acids is 1. The standard InChI is InChI=1S/C26H19ClFN5O/c1-32(2)26(34)18-7-17(12-30-13-18)15-3-4-23-20(8-15)25(19(11-29)14-31-23)33-6-5-16-9-22(28)21(27)10-24(16)33/h3-4,7-10,12-14H,5-6H2,1-2H3. The Hall–Kier alpha value is -4.02. The summed E-state index contributed by atoms with van der Waals surface area (Å²) in [4.78, 5) is 24.6. The highest BCUT2D eigenvalue weighted by atomic mass is 35.5. The Morgan fingerprint density at radius 2 is 1.97 bits per heavy atom. The molecule has 0 aliphatic carbocycles. The van der Waals surface area contributed by atoms with Gasteiger partial charge in [0.1, 0.15) is 11.9 Å². The maximum atomic E-state index is 14.0. The fraction of sp³-hybridized carbons (Fsp3) is 0.154. The second-order valence-corrected chi connectivity index (χ2v) is 8.73. The number of aromatic nitrogens is 2. The largest absolute Gasteiger partial charge is 0.345 e. The molecule has 4 aromatic rings. The van der Waals surface area contributed by atoms with Crippen LogP contribution < -0.4 is 4.90 Å². The van der Waals surface area contributed by atoms with E-state index in [1.807, 2.05) is 23.1 Å². The van der Waals surface area contributed by atoms with E-state index in [2.05, 4.69) is 16.0 Å². The third-order valence-electron chi connectivity index (χ3n) is 5.97. The summed E-state index contributed by atoms with van der Waals surface area (Å²) in [6.07, 6.45) is 5.43. The monoisotopic (exact) mass is 471 g/mol. The molecule has 0 unspecified atom stereocenters. The summed E-state index contributed by atoms with van der Waals surface area (Å²) < 4.78 is 14.0. The predicted octanol–water partition coefficient (Wildman–Crippen LogP) is 5.36. The van der Waals surface area contributed by atoms with E-state index < -0.39 is 5.82 Å². The second-order valence-electron chi connectivity index (χ2n) is 8.32. The van der Waals surface area contributed by atoms with Crippen molar-refractivity contribution in [3.63, 3.8) is 0 Å². The van der Waals surface area contributed by atoms with E-state index in [0.29, 0.717) is 35.3 Å². The molecule has 2 aromatic carbocycles. The molecule has 34 heavy (non-hydrogen) atoms. The lowest BCUT2D eigenvalue weighted by atomic mass is 10.0. The fourth-order valence-electron chi connectivity index (χ4n) is 4.32. The zero-order chi connectivity index (χ0) is 24.0. The normalized spacial score (nSPS) is 12.5. The Morgan fingerprint density at radius 1 is 1.15 bits per heavy atom. The Labute approximate surface area is 200 Å². The highest BCUT2D eigenvalue weighted by Gasteiger charge is 2.26. The zero-order valence-corrected chi connectivity index (χ0v) is 19.3. The molecule has 0 radical (unpaired) electrons. The van der Waals surface area contributed by atoms with Crippen LogP contribution in [0.4, 0.5) is 15.8 Å². The van der Waals surface area contributed by atoms with Gasteiger partial charge in [0.05, 0.1) is 27.4 Å². The van der Waals surface area contributed by atoms with Crippen LogP contribution in [-0.2, 0) is 6.42 Å². The quantitative estimate of drug-likeness (QED) is 0.402. The molecule has 3 heterocycles. The molecule has 0 saturated heterocycles. The average molecular weight is 472 g/mol. The van der Waals surface area contributed by atoms with Gasteiger partial charge in [0.15, 0.2) is 0 Å². The molecule has 8 heteroatoms. The molecule has 0 saturated carbocycles.